The molecule has 2 aromatic rings. The van der Waals surface area contributed by atoms with Crippen LogP contribution in [0.3, 0.4) is 0 Å². The first kappa shape index (κ1) is 16.4. The van der Waals surface area contributed by atoms with Gasteiger partial charge in [-0.3, -0.25) is 4.79 Å². The zero-order chi connectivity index (χ0) is 17.3. The van der Waals surface area contributed by atoms with Gasteiger partial charge in [-0.1, -0.05) is 0 Å². The van der Waals surface area contributed by atoms with E-state index in [1.807, 2.05) is 11.8 Å². The number of nitrogens with zero attached hydrogens (tertiary/aromatic N) is 2. The molecule has 0 radical (unpaired) electrons. The summed E-state index contributed by atoms with van der Waals surface area (Å²) in [5.74, 6) is -1.16. The summed E-state index contributed by atoms with van der Waals surface area (Å²) in [5.41, 5.74) is 0.509. The molecule has 0 bridgehead atoms. The molecule has 1 saturated heterocycles. The number of nitrogens with one attached hydrogen (secondary N) is 1. The Labute approximate surface area is 138 Å². The third-order valence-electron chi connectivity index (χ3n) is 4.35. The second-order valence-electron chi connectivity index (χ2n) is 5.71. The number of benzene rings is 1. The van der Waals surface area contributed by atoms with Crippen molar-refractivity contribution >= 4 is 22.6 Å². The van der Waals surface area contributed by atoms with Gasteiger partial charge in [0.15, 0.2) is 0 Å². The number of anilines is 1. The molecule has 0 aliphatic carbocycles. The van der Waals surface area contributed by atoms with Crippen molar-refractivity contribution in [3.8, 4) is 0 Å². The van der Waals surface area contributed by atoms with E-state index >= 15 is 0 Å². The number of hydrogen-bond donors (Lipinski definition) is 1. The number of piperazine rings is 1. The van der Waals surface area contributed by atoms with Gasteiger partial charge in [-0.25, -0.2) is 9.18 Å². The molecule has 6 nitrogen and oxygen atoms in total. The number of methoxy groups -OCH3 is 1. The summed E-state index contributed by atoms with van der Waals surface area (Å²) >= 11 is 0. The molecule has 3 rings (SSSR count). The van der Waals surface area contributed by atoms with Crippen molar-refractivity contribution in [2.45, 2.75) is 13.5 Å². The van der Waals surface area contributed by atoms with Crippen LogP contribution in [-0.4, -0.2) is 43.8 Å². The van der Waals surface area contributed by atoms with Gasteiger partial charge in [-0.2, -0.15) is 0 Å². The molecule has 0 saturated carbocycles. The number of aryl methyl sites for hydroxylation is 1. The summed E-state index contributed by atoms with van der Waals surface area (Å²) in [6, 6.07) is 2.93. The second kappa shape index (κ2) is 6.60. The monoisotopic (exact) mass is 333 g/mol. The van der Waals surface area contributed by atoms with Gasteiger partial charge in [0.2, 0.25) is 5.43 Å². The van der Waals surface area contributed by atoms with Crippen molar-refractivity contribution in [1.29, 1.82) is 0 Å². The summed E-state index contributed by atoms with van der Waals surface area (Å²) in [7, 11) is 1.22. The van der Waals surface area contributed by atoms with Crippen molar-refractivity contribution in [3.63, 3.8) is 0 Å². The minimum Gasteiger partial charge on any atom is -0.465 e. The molecule has 1 aromatic heterocycles. The van der Waals surface area contributed by atoms with Crippen LogP contribution in [0.4, 0.5) is 10.1 Å². The first-order valence-electron chi connectivity index (χ1n) is 7.97. The fourth-order valence-electron chi connectivity index (χ4n) is 3.06. The van der Waals surface area contributed by atoms with Crippen LogP contribution in [0.5, 0.6) is 0 Å². The summed E-state index contributed by atoms with van der Waals surface area (Å²) in [5, 5.41) is 3.42. The molecule has 0 unspecified atom stereocenters. The fourth-order valence-corrected chi connectivity index (χ4v) is 3.06. The van der Waals surface area contributed by atoms with Crippen LogP contribution in [0.2, 0.25) is 0 Å². The smallest absolute Gasteiger partial charge is 0.343 e. The SMILES string of the molecule is CCn1cc(C(=O)OC)c(=O)c2cc(F)c(N3CCNCC3)cc21. The third kappa shape index (κ3) is 2.75. The fraction of sp³-hybridized carbons (Fsp3) is 0.412. The molecular formula is C17H20FN3O3. The Balaban J connectivity index is 2.22. The van der Waals surface area contributed by atoms with E-state index in [-0.39, 0.29) is 10.9 Å². The van der Waals surface area contributed by atoms with Crippen molar-refractivity contribution < 1.29 is 13.9 Å². The zero-order valence-electron chi connectivity index (χ0n) is 13.8. The highest BCUT2D eigenvalue weighted by Gasteiger charge is 2.20. The van der Waals surface area contributed by atoms with Gasteiger partial charge in [0.05, 0.1) is 18.3 Å². The van der Waals surface area contributed by atoms with Crippen LogP contribution in [-0.2, 0) is 11.3 Å². The van der Waals surface area contributed by atoms with Crippen molar-refractivity contribution in [2.75, 3.05) is 38.2 Å². The number of aromatic nitrogens is 1. The minimum atomic E-state index is -0.712. The largest absolute Gasteiger partial charge is 0.465 e. The van der Waals surface area contributed by atoms with E-state index in [0.29, 0.717) is 30.8 Å². The van der Waals surface area contributed by atoms with Gasteiger partial charge < -0.3 is 19.5 Å². The van der Waals surface area contributed by atoms with Crippen molar-refractivity contribution in [2.24, 2.45) is 0 Å². The molecule has 2 heterocycles. The summed E-state index contributed by atoms with van der Waals surface area (Å²) in [6.45, 7) is 5.45. The third-order valence-corrected chi connectivity index (χ3v) is 4.35. The normalized spacial score (nSPS) is 14.9. The van der Waals surface area contributed by atoms with Crippen molar-refractivity contribution in [3.05, 3.63) is 39.9 Å². The van der Waals surface area contributed by atoms with Crippen LogP contribution in [0.15, 0.2) is 23.1 Å². The van der Waals surface area contributed by atoms with Gasteiger partial charge in [-0.05, 0) is 19.1 Å². The number of carbonyl (C=O) groups is 1. The molecule has 1 aromatic carbocycles. The highest BCUT2D eigenvalue weighted by molar-refractivity contribution is 5.94. The summed E-state index contributed by atoms with van der Waals surface area (Å²) in [6.07, 6.45) is 1.48. The number of fused-ring (bicyclic) bond motifs is 1. The Bertz CT molecular complexity index is 841. The van der Waals surface area contributed by atoms with E-state index < -0.39 is 17.2 Å². The average Bonchev–Trinajstić information content (AvgIpc) is 2.62. The lowest BCUT2D eigenvalue weighted by Crippen LogP contribution is -2.43. The predicted octanol–water partition coefficient (Wildman–Crippen LogP) is 1.36. The standard InChI is InChI=1S/C17H20FN3O3/c1-3-20-10-12(17(23)24-2)16(22)11-8-13(18)15(9-14(11)20)21-6-4-19-5-7-21/h8-10,19H,3-7H2,1-2H3. The van der Waals surface area contributed by atoms with E-state index in [1.165, 1.54) is 19.4 Å². The van der Waals surface area contributed by atoms with E-state index in [4.69, 9.17) is 0 Å². The maximum Gasteiger partial charge on any atom is 0.343 e. The maximum atomic E-state index is 14.6. The predicted molar refractivity (Wildman–Crippen MR) is 90.3 cm³/mol. The van der Waals surface area contributed by atoms with E-state index in [9.17, 15) is 14.0 Å². The molecule has 1 aliphatic rings. The van der Waals surface area contributed by atoms with E-state index in [1.54, 1.807) is 10.6 Å². The number of esters is 1. The van der Waals surface area contributed by atoms with Crippen LogP contribution in [0.25, 0.3) is 10.9 Å². The average molecular weight is 333 g/mol. The molecule has 1 N–H and O–H groups in total. The maximum absolute atomic E-state index is 14.6. The number of pyridine rings is 1. The second-order valence-corrected chi connectivity index (χ2v) is 5.71. The lowest BCUT2D eigenvalue weighted by Gasteiger charge is -2.30. The van der Waals surface area contributed by atoms with Crippen molar-refractivity contribution in [1.82, 2.24) is 9.88 Å². The molecular weight excluding hydrogens is 313 g/mol. The van der Waals surface area contributed by atoms with Crippen LogP contribution in [0, 0.1) is 5.82 Å². The number of hydrogen-bond acceptors (Lipinski definition) is 5. The molecule has 24 heavy (non-hydrogen) atoms. The Hall–Kier alpha value is -2.41. The molecule has 1 aliphatic heterocycles. The highest BCUT2D eigenvalue weighted by atomic mass is 19.1. The molecule has 0 atom stereocenters. The number of carbonyl (C=O) groups excluding carboxylic acids is 1. The molecule has 1 fully saturated rings. The lowest BCUT2D eigenvalue weighted by molar-refractivity contribution is 0.0598. The molecule has 0 amide bonds. The first-order valence-corrected chi connectivity index (χ1v) is 7.97. The van der Waals surface area contributed by atoms with Gasteiger partial charge in [0.1, 0.15) is 11.4 Å². The van der Waals surface area contributed by atoms with E-state index in [2.05, 4.69) is 10.1 Å². The van der Waals surface area contributed by atoms with E-state index in [0.717, 1.165) is 13.1 Å². The minimum absolute atomic E-state index is 0.0822. The van der Waals surface area contributed by atoms with Crippen LogP contribution in [0.1, 0.15) is 17.3 Å². The Morgan fingerprint density at radius 3 is 2.67 bits per heavy atom. The Morgan fingerprint density at radius 2 is 2.04 bits per heavy atom. The molecule has 0 spiro atoms. The number of rotatable bonds is 3. The molecule has 128 valence electrons. The quantitative estimate of drug-likeness (QED) is 0.859. The van der Waals surface area contributed by atoms with Gasteiger partial charge in [0.25, 0.3) is 0 Å². The van der Waals surface area contributed by atoms with Gasteiger partial charge >= 0.3 is 5.97 Å². The zero-order valence-corrected chi connectivity index (χ0v) is 13.8. The topological polar surface area (TPSA) is 63.6 Å². The summed E-state index contributed by atoms with van der Waals surface area (Å²) < 4.78 is 21.0. The van der Waals surface area contributed by atoms with Gasteiger partial charge in [-0.15, -0.1) is 0 Å². The van der Waals surface area contributed by atoms with Crippen LogP contribution >= 0.6 is 0 Å². The number of halogens is 1. The molecule has 7 heteroatoms. The van der Waals surface area contributed by atoms with Crippen LogP contribution < -0.4 is 15.6 Å². The summed E-state index contributed by atoms with van der Waals surface area (Å²) in [4.78, 5) is 26.3. The van der Waals surface area contributed by atoms with Gasteiger partial charge in [0, 0.05) is 44.3 Å². The first-order chi connectivity index (χ1) is 11.6. The lowest BCUT2D eigenvalue weighted by atomic mass is 10.1. The Kier molecular flexibility index (Phi) is 4.53. The number of ether oxygens (including phenoxy) is 1. The highest BCUT2D eigenvalue weighted by Crippen LogP contribution is 2.25. The Morgan fingerprint density at radius 1 is 1.33 bits per heavy atom.